The molecule has 0 nitrogen and oxygen atoms in total. The zero-order valence-corrected chi connectivity index (χ0v) is 10.9. The maximum Gasteiger partial charge on any atom is -0.00203 e. The highest BCUT2D eigenvalue weighted by atomic mass is 14.1. The Morgan fingerprint density at radius 2 is 1.41 bits per heavy atom. The second kappa shape index (κ2) is 5.18. The third-order valence-electron chi connectivity index (χ3n) is 3.32. The van der Waals surface area contributed by atoms with Gasteiger partial charge >= 0.3 is 0 Å². The Hall–Kier alpha value is -1.56. The van der Waals surface area contributed by atoms with E-state index in [9.17, 15) is 0 Å². The summed E-state index contributed by atoms with van der Waals surface area (Å²) in [6.45, 7) is 6.71. The van der Waals surface area contributed by atoms with E-state index in [1.165, 1.54) is 22.3 Å². The summed E-state index contributed by atoms with van der Waals surface area (Å²) in [6, 6.07) is 17.4. The molecule has 88 valence electrons. The highest BCUT2D eigenvalue weighted by Gasteiger charge is 2.07. The van der Waals surface area contributed by atoms with Gasteiger partial charge in [-0.15, -0.1) is 0 Å². The van der Waals surface area contributed by atoms with Crippen LogP contribution in [0.3, 0.4) is 0 Å². The summed E-state index contributed by atoms with van der Waals surface area (Å²) in [7, 11) is 0. The third kappa shape index (κ3) is 2.76. The average molecular weight is 224 g/mol. The van der Waals surface area contributed by atoms with Crippen LogP contribution in [0, 0.1) is 6.92 Å². The van der Waals surface area contributed by atoms with Crippen LogP contribution >= 0.6 is 0 Å². The summed E-state index contributed by atoms with van der Waals surface area (Å²) in [5.74, 6) is 0.593. The SMILES string of the molecule is Cc1ccccc1Cc1ccccc1C(C)C. The van der Waals surface area contributed by atoms with Crippen molar-refractivity contribution in [2.24, 2.45) is 0 Å². The molecule has 0 unspecified atom stereocenters. The van der Waals surface area contributed by atoms with E-state index < -0.39 is 0 Å². The number of hydrogen-bond acceptors (Lipinski definition) is 0. The van der Waals surface area contributed by atoms with Gasteiger partial charge in [0.2, 0.25) is 0 Å². The van der Waals surface area contributed by atoms with Crippen molar-refractivity contribution in [1.29, 1.82) is 0 Å². The maximum atomic E-state index is 2.26. The Bertz CT molecular complexity index is 495. The fourth-order valence-electron chi connectivity index (χ4n) is 2.27. The van der Waals surface area contributed by atoms with Crippen LogP contribution in [0.5, 0.6) is 0 Å². The number of aryl methyl sites for hydroxylation is 1. The molecule has 0 saturated heterocycles. The minimum Gasteiger partial charge on any atom is -0.0620 e. The second-order valence-corrected chi connectivity index (χ2v) is 4.96. The first-order chi connectivity index (χ1) is 8.18. The lowest BCUT2D eigenvalue weighted by molar-refractivity contribution is 0.848. The van der Waals surface area contributed by atoms with Gasteiger partial charge in [0, 0.05) is 0 Å². The predicted octanol–water partition coefficient (Wildman–Crippen LogP) is 4.71. The van der Waals surface area contributed by atoms with Crippen molar-refractivity contribution in [2.45, 2.75) is 33.1 Å². The molecule has 0 amide bonds. The van der Waals surface area contributed by atoms with Crippen LogP contribution in [0.1, 0.15) is 42.0 Å². The van der Waals surface area contributed by atoms with Crippen molar-refractivity contribution in [3.05, 3.63) is 70.8 Å². The largest absolute Gasteiger partial charge is 0.0620 e. The zero-order valence-electron chi connectivity index (χ0n) is 10.9. The van der Waals surface area contributed by atoms with Crippen molar-refractivity contribution in [3.8, 4) is 0 Å². The van der Waals surface area contributed by atoms with Gasteiger partial charge in [-0.05, 0) is 41.5 Å². The number of hydrogen-bond donors (Lipinski definition) is 0. The fraction of sp³-hybridized carbons (Fsp3) is 0.294. The molecule has 0 atom stereocenters. The van der Waals surface area contributed by atoms with E-state index in [1.54, 1.807) is 0 Å². The quantitative estimate of drug-likeness (QED) is 0.708. The van der Waals surface area contributed by atoms with Gasteiger partial charge in [-0.3, -0.25) is 0 Å². The molecule has 0 bridgehead atoms. The first-order valence-electron chi connectivity index (χ1n) is 6.31. The molecule has 0 spiro atoms. The van der Waals surface area contributed by atoms with Gasteiger partial charge in [0.15, 0.2) is 0 Å². The van der Waals surface area contributed by atoms with Gasteiger partial charge < -0.3 is 0 Å². The lowest BCUT2D eigenvalue weighted by atomic mass is 9.92. The van der Waals surface area contributed by atoms with E-state index in [-0.39, 0.29) is 0 Å². The molecule has 0 heterocycles. The van der Waals surface area contributed by atoms with Crippen LogP contribution < -0.4 is 0 Å². The topological polar surface area (TPSA) is 0 Å². The van der Waals surface area contributed by atoms with Crippen LogP contribution in [0.15, 0.2) is 48.5 Å². The predicted molar refractivity (Wildman–Crippen MR) is 74.5 cm³/mol. The van der Waals surface area contributed by atoms with Crippen molar-refractivity contribution < 1.29 is 0 Å². The Morgan fingerprint density at radius 3 is 2.06 bits per heavy atom. The minimum atomic E-state index is 0.593. The average Bonchev–Trinajstić information content (AvgIpc) is 2.32. The van der Waals surface area contributed by atoms with Gasteiger partial charge in [0.05, 0.1) is 0 Å². The Kier molecular flexibility index (Phi) is 3.63. The molecule has 0 aliphatic carbocycles. The smallest absolute Gasteiger partial charge is 0.00203 e. The Morgan fingerprint density at radius 1 is 0.824 bits per heavy atom. The highest BCUT2D eigenvalue weighted by Crippen LogP contribution is 2.22. The molecular weight excluding hydrogens is 204 g/mol. The van der Waals surface area contributed by atoms with Crippen LogP contribution in [0.25, 0.3) is 0 Å². The van der Waals surface area contributed by atoms with Crippen LogP contribution in [-0.4, -0.2) is 0 Å². The monoisotopic (exact) mass is 224 g/mol. The molecule has 0 radical (unpaired) electrons. The van der Waals surface area contributed by atoms with E-state index in [0.29, 0.717) is 5.92 Å². The normalized spacial score (nSPS) is 10.8. The highest BCUT2D eigenvalue weighted by molar-refractivity contribution is 5.37. The summed E-state index contributed by atoms with van der Waals surface area (Å²) < 4.78 is 0. The lowest BCUT2D eigenvalue weighted by Gasteiger charge is -2.13. The molecule has 0 aliphatic heterocycles. The Balaban J connectivity index is 2.34. The molecule has 0 aliphatic rings. The summed E-state index contributed by atoms with van der Waals surface area (Å²) >= 11 is 0. The molecule has 0 heteroatoms. The van der Waals surface area contributed by atoms with Crippen LogP contribution in [-0.2, 0) is 6.42 Å². The maximum absolute atomic E-state index is 2.26. The van der Waals surface area contributed by atoms with E-state index >= 15 is 0 Å². The summed E-state index contributed by atoms with van der Waals surface area (Å²) in [4.78, 5) is 0. The Labute approximate surface area is 104 Å². The first-order valence-corrected chi connectivity index (χ1v) is 6.31. The van der Waals surface area contributed by atoms with Crippen LogP contribution in [0.4, 0.5) is 0 Å². The molecule has 0 N–H and O–H groups in total. The van der Waals surface area contributed by atoms with E-state index in [1.807, 2.05) is 0 Å². The van der Waals surface area contributed by atoms with Crippen molar-refractivity contribution >= 4 is 0 Å². The van der Waals surface area contributed by atoms with Gasteiger partial charge in [0.1, 0.15) is 0 Å². The van der Waals surface area contributed by atoms with Crippen molar-refractivity contribution in [3.63, 3.8) is 0 Å². The first kappa shape index (κ1) is 11.9. The van der Waals surface area contributed by atoms with Crippen molar-refractivity contribution in [2.75, 3.05) is 0 Å². The van der Waals surface area contributed by atoms with Gasteiger partial charge in [-0.1, -0.05) is 62.4 Å². The van der Waals surface area contributed by atoms with Gasteiger partial charge in [-0.25, -0.2) is 0 Å². The molecule has 0 aromatic heterocycles. The van der Waals surface area contributed by atoms with Gasteiger partial charge in [0.25, 0.3) is 0 Å². The molecule has 17 heavy (non-hydrogen) atoms. The number of rotatable bonds is 3. The zero-order chi connectivity index (χ0) is 12.3. The van der Waals surface area contributed by atoms with Gasteiger partial charge in [-0.2, -0.15) is 0 Å². The lowest BCUT2D eigenvalue weighted by Crippen LogP contribution is -1.98. The third-order valence-corrected chi connectivity index (χ3v) is 3.32. The molecule has 2 rings (SSSR count). The molecular formula is C17H20. The molecule has 0 fully saturated rings. The number of benzene rings is 2. The molecule has 2 aromatic carbocycles. The summed E-state index contributed by atoms with van der Waals surface area (Å²) in [6.07, 6.45) is 1.04. The van der Waals surface area contributed by atoms with E-state index in [4.69, 9.17) is 0 Å². The molecule has 2 aromatic rings. The van der Waals surface area contributed by atoms with Crippen molar-refractivity contribution in [1.82, 2.24) is 0 Å². The standard InChI is InChI=1S/C17H20/c1-13(2)17-11-7-6-10-16(17)12-15-9-5-4-8-14(15)3/h4-11,13H,12H2,1-3H3. The van der Waals surface area contributed by atoms with Crippen LogP contribution in [0.2, 0.25) is 0 Å². The molecule has 0 saturated carbocycles. The van der Waals surface area contributed by atoms with E-state index in [0.717, 1.165) is 6.42 Å². The summed E-state index contributed by atoms with van der Waals surface area (Å²) in [5.41, 5.74) is 5.74. The second-order valence-electron chi connectivity index (χ2n) is 4.96. The summed E-state index contributed by atoms with van der Waals surface area (Å²) in [5, 5.41) is 0. The minimum absolute atomic E-state index is 0.593. The fourth-order valence-corrected chi connectivity index (χ4v) is 2.27. The van der Waals surface area contributed by atoms with E-state index in [2.05, 4.69) is 69.3 Å².